The van der Waals surface area contributed by atoms with E-state index in [0.717, 1.165) is 5.56 Å². The van der Waals surface area contributed by atoms with Crippen LogP contribution in [0.5, 0.6) is 0 Å². The van der Waals surface area contributed by atoms with Crippen LogP contribution in [0.4, 0.5) is 5.69 Å². The van der Waals surface area contributed by atoms with E-state index < -0.39 is 10.0 Å². The van der Waals surface area contributed by atoms with Crippen molar-refractivity contribution < 1.29 is 8.42 Å². The number of H-pyrrole nitrogens is 1. The first-order valence-corrected chi connectivity index (χ1v) is 7.85. The molecule has 2 aromatic carbocycles. The van der Waals surface area contributed by atoms with Crippen LogP contribution in [-0.2, 0) is 10.0 Å². The molecule has 1 aromatic heterocycles. The van der Waals surface area contributed by atoms with E-state index in [1.54, 1.807) is 37.3 Å². The number of sulfonamides is 1. The first-order valence-electron chi connectivity index (χ1n) is 6.37. The lowest BCUT2D eigenvalue weighted by Crippen LogP contribution is -2.14. The van der Waals surface area contributed by atoms with Crippen LogP contribution in [0.25, 0.3) is 11.0 Å². The molecule has 0 amide bonds. The topological polar surface area (TPSA) is 87.7 Å². The van der Waals surface area contributed by atoms with E-state index >= 15 is 0 Å². The Morgan fingerprint density at radius 1 is 1.10 bits per heavy atom. The third kappa shape index (κ3) is 2.47. The molecule has 0 spiro atoms. The van der Waals surface area contributed by atoms with Gasteiger partial charge < -0.3 is 0 Å². The fourth-order valence-corrected chi connectivity index (χ4v) is 3.55. The molecule has 3 aromatic rings. The minimum absolute atomic E-state index is 0.258. The second kappa shape index (κ2) is 4.85. The maximum absolute atomic E-state index is 12.5. The fourth-order valence-electron chi connectivity index (χ4n) is 2.25. The SMILES string of the molecule is Cc1ccc(S(=O)(=O)Nc2cccc3n[nH]nc23)c(C)c1. The first-order chi connectivity index (χ1) is 9.97. The smallest absolute Gasteiger partial charge is 0.262 e. The molecule has 21 heavy (non-hydrogen) atoms. The highest BCUT2D eigenvalue weighted by atomic mass is 32.2. The van der Waals surface area contributed by atoms with Crippen LogP contribution in [0, 0.1) is 13.8 Å². The van der Waals surface area contributed by atoms with Gasteiger partial charge in [0.15, 0.2) is 0 Å². The Kier molecular flexibility index (Phi) is 3.13. The van der Waals surface area contributed by atoms with Gasteiger partial charge in [0, 0.05) is 0 Å². The molecule has 0 aliphatic rings. The molecule has 3 rings (SSSR count). The normalized spacial score (nSPS) is 11.7. The van der Waals surface area contributed by atoms with E-state index in [1.165, 1.54) is 0 Å². The lowest BCUT2D eigenvalue weighted by atomic mass is 10.2. The lowest BCUT2D eigenvalue weighted by molar-refractivity contribution is 0.600. The van der Waals surface area contributed by atoms with Gasteiger partial charge in [0.1, 0.15) is 11.0 Å². The molecular weight excluding hydrogens is 288 g/mol. The maximum Gasteiger partial charge on any atom is 0.262 e. The van der Waals surface area contributed by atoms with Crippen LogP contribution in [0.2, 0.25) is 0 Å². The van der Waals surface area contributed by atoms with Crippen molar-refractivity contribution in [3.63, 3.8) is 0 Å². The quantitative estimate of drug-likeness (QED) is 0.777. The number of hydrogen-bond donors (Lipinski definition) is 2. The van der Waals surface area contributed by atoms with Gasteiger partial charge in [-0.2, -0.15) is 15.4 Å². The average Bonchev–Trinajstić information content (AvgIpc) is 2.87. The van der Waals surface area contributed by atoms with Crippen LogP contribution >= 0.6 is 0 Å². The Morgan fingerprint density at radius 2 is 1.90 bits per heavy atom. The largest absolute Gasteiger partial charge is 0.277 e. The monoisotopic (exact) mass is 302 g/mol. The highest BCUT2D eigenvalue weighted by Gasteiger charge is 2.18. The number of nitrogens with one attached hydrogen (secondary N) is 2. The summed E-state index contributed by atoms with van der Waals surface area (Å²) in [5.74, 6) is 0. The molecule has 7 heteroatoms. The molecule has 2 N–H and O–H groups in total. The van der Waals surface area contributed by atoms with Gasteiger partial charge in [0.2, 0.25) is 0 Å². The van der Waals surface area contributed by atoms with Crippen molar-refractivity contribution in [3.05, 3.63) is 47.5 Å². The number of aromatic nitrogens is 3. The Labute approximate surface area is 122 Å². The molecule has 0 aliphatic heterocycles. The van der Waals surface area contributed by atoms with Gasteiger partial charge in [-0.25, -0.2) is 8.42 Å². The average molecular weight is 302 g/mol. The van der Waals surface area contributed by atoms with E-state index in [9.17, 15) is 8.42 Å². The van der Waals surface area contributed by atoms with E-state index in [-0.39, 0.29) is 4.90 Å². The Morgan fingerprint density at radius 3 is 2.67 bits per heavy atom. The van der Waals surface area contributed by atoms with Gasteiger partial charge in [0.25, 0.3) is 10.0 Å². The number of para-hydroxylation sites is 1. The van der Waals surface area contributed by atoms with E-state index in [4.69, 9.17) is 0 Å². The van der Waals surface area contributed by atoms with Crippen molar-refractivity contribution >= 4 is 26.7 Å². The van der Waals surface area contributed by atoms with E-state index in [1.807, 2.05) is 13.0 Å². The number of aromatic amines is 1. The predicted octanol–water partition coefficient (Wildman–Crippen LogP) is 2.38. The van der Waals surface area contributed by atoms with Crippen LogP contribution < -0.4 is 4.72 Å². The molecule has 6 nitrogen and oxygen atoms in total. The van der Waals surface area contributed by atoms with Crippen molar-refractivity contribution in [1.29, 1.82) is 0 Å². The summed E-state index contributed by atoms with van der Waals surface area (Å²) in [4.78, 5) is 0.258. The summed E-state index contributed by atoms with van der Waals surface area (Å²) < 4.78 is 27.6. The van der Waals surface area contributed by atoms with Gasteiger partial charge in [-0.05, 0) is 37.6 Å². The van der Waals surface area contributed by atoms with Gasteiger partial charge in [-0.3, -0.25) is 4.72 Å². The minimum atomic E-state index is -3.66. The summed E-state index contributed by atoms with van der Waals surface area (Å²) in [6.45, 7) is 3.70. The molecule has 0 saturated heterocycles. The second-order valence-corrected chi connectivity index (χ2v) is 6.52. The summed E-state index contributed by atoms with van der Waals surface area (Å²) in [5, 5.41) is 10.4. The number of hydrogen-bond acceptors (Lipinski definition) is 4. The van der Waals surface area contributed by atoms with Gasteiger partial charge in [0.05, 0.1) is 10.6 Å². The predicted molar refractivity (Wildman–Crippen MR) is 80.6 cm³/mol. The standard InChI is InChI=1S/C14H14N4O2S/c1-9-6-7-13(10(2)8-9)21(19,20)17-12-5-3-4-11-14(12)16-18-15-11/h3-8,17H,1-2H3,(H,15,16,18). The van der Waals surface area contributed by atoms with Crippen molar-refractivity contribution in [2.75, 3.05) is 4.72 Å². The number of benzene rings is 2. The summed E-state index contributed by atoms with van der Waals surface area (Å²) in [6, 6.07) is 10.4. The van der Waals surface area contributed by atoms with Crippen molar-refractivity contribution in [2.24, 2.45) is 0 Å². The molecule has 0 aliphatic carbocycles. The van der Waals surface area contributed by atoms with Crippen LogP contribution in [0.15, 0.2) is 41.3 Å². The maximum atomic E-state index is 12.5. The van der Waals surface area contributed by atoms with Crippen LogP contribution in [0.3, 0.4) is 0 Å². The molecule has 108 valence electrons. The Balaban J connectivity index is 2.05. The zero-order valence-corrected chi connectivity index (χ0v) is 12.4. The molecule has 1 heterocycles. The molecule has 0 fully saturated rings. The zero-order valence-electron chi connectivity index (χ0n) is 11.6. The van der Waals surface area contributed by atoms with Gasteiger partial charge >= 0.3 is 0 Å². The highest BCUT2D eigenvalue weighted by molar-refractivity contribution is 7.92. The minimum Gasteiger partial charge on any atom is -0.277 e. The van der Waals surface area contributed by atoms with Gasteiger partial charge in [-0.1, -0.05) is 23.8 Å². The molecule has 0 radical (unpaired) electrons. The number of aryl methyl sites for hydroxylation is 2. The van der Waals surface area contributed by atoms with Crippen LogP contribution in [-0.4, -0.2) is 23.8 Å². The number of nitrogens with zero attached hydrogens (tertiary/aromatic N) is 2. The summed E-state index contributed by atoms with van der Waals surface area (Å²) in [5.41, 5.74) is 3.22. The Bertz CT molecular complexity index is 916. The summed E-state index contributed by atoms with van der Waals surface area (Å²) in [7, 11) is -3.66. The number of anilines is 1. The third-order valence-corrected chi connectivity index (χ3v) is 4.74. The molecule has 0 saturated carbocycles. The number of rotatable bonds is 3. The third-order valence-electron chi connectivity index (χ3n) is 3.21. The van der Waals surface area contributed by atoms with Gasteiger partial charge in [-0.15, -0.1) is 0 Å². The molecular formula is C14H14N4O2S. The van der Waals surface area contributed by atoms with E-state index in [2.05, 4.69) is 20.1 Å². The lowest BCUT2D eigenvalue weighted by Gasteiger charge is -2.11. The zero-order chi connectivity index (χ0) is 15.0. The summed E-state index contributed by atoms with van der Waals surface area (Å²) in [6.07, 6.45) is 0. The molecule has 0 bridgehead atoms. The molecule has 0 atom stereocenters. The van der Waals surface area contributed by atoms with Crippen LogP contribution in [0.1, 0.15) is 11.1 Å². The van der Waals surface area contributed by atoms with E-state index in [0.29, 0.717) is 22.3 Å². The fraction of sp³-hybridized carbons (Fsp3) is 0.143. The molecule has 0 unspecified atom stereocenters. The highest BCUT2D eigenvalue weighted by Crippen LogP contribution is 2.24. The van der Waals surface area contributed by atoms with Crippen molar-refractivity contribution in [1.82, 2.24) is 15.4 Å². The first kappa shape index (κ1) is 13.6. The summed E-state index contributed by atoms with van der Waals surface area (Å²) >= 11 is 0. The van der Waals surface area contributed by atoms with Crippen molar-refractivity contribution in [2.45, 2.75) is 18.7 Å². The van der Waals surface area contributed by atoms with Crippen molar-refractivity contribution in [3.8, 4) is 0 Å². The second-order valence-electron chi connectivity index (χ2n) is 4.87. The Hall–Kier alpha value is -2.41. The number of fused-ring (bicyclic) bond motifs is 1.